The molecule has 0 spiro atoms. The number of rotatable bonds is 4. The maximum Gasteiger partial charge on any atom is 0.261 e. The van der Waals surface area contributed by atoms with Crippen LogP contribution >= 0.6 is 11.3 Å². The molecule has 1 amide bonds. The molecule has 0 atom stereocenters. The summed E-state index contributed by atoms with van der Waals surface area (Å²) in [6, 6.07) is 3.81. The molecule has 0 radical (unpaired) electrons. The van der Waals surface area contributed by atoms with Gasteiger partial charge in [0.25, 0.3) is 5.91 Å². The Morgan fingerprint density at radius 2 is 2.25 bits per heavy atom. The van der Waals surface area contributed by atoms with Gasteiger partial charge in [-0.25, -0.2) is 0 Å². The minimum atomic E-state index is -0.0451. The maximum absolute atomic E-state index is 12.0. The van der Waals surface area contributed by atoms with E-state index in [0.29, 0.717) is 12.5 Å². The van der Waals surface area contributed by atoms with Gasteiger partial charge in [-0.2, -0.15) is 0 Å². The monoisotopic (exact) mass is 290 g/mol. The van der Waals surface area contributed by atoms with Crippen LogP contribution in [0.3, 0.4) is 0 Å². The highest BCUT2D eigenvalue weighted by molar-refractivity contribution is 7.13. The highest BCUT2D eigenvalue weighted by Gasteiger charge is 2.25. The molecule has 106 valence electrons. The first-order valence-electron chi connectivity index (χ1n) is 6.88. The predicted octanol–water partition coefficient (Wildman–Crippen LogP) is 2.38. The van der Waals surface area contributed by atoms with E-state index >= 15 is 0 Å². The number of aryl methyl sites for hydroxylation is 1. The lowest BCUT2D eigenvalue weighted by Crippen LogP contribution is -2.24. The molecule has 0 bridgehead atoms. The Labute approximate surface area is 122 Å². The number of hydrogen-bond acceptors (Lipinski definition) is 4. The Morgan fingerprint density at radius 3 is 2.85 bits per heavy atom. The van der Waals surface area contributed by atoms with Crippen molar-refractivity contribution in [3.05, 3.63) is 33.5 Å². The first-order valence-corrected chi connectivity index (χ1v) is 7.69. The minimum Gasteiger partial charge on any atom is -0.344 e. The molecule has 2 aromatic rings. The zero-order valence-electron chi connectivity index (χ0n) is 11.7. The van der Waals surface area contributed by atoms with Gasteiger partial charge in [-0.3, -0.25) is 4.79 Å². The Bertz CT molecular complexity index is 627. The molecule has 0 saturated heterocycles. The molecule has 20 heavy (non-hydrogen) atoms. The zero-order chi connectivity index (χ0) is 14.1. The standard InChI is InChI=1S/C14H18N4OS/c1-9-6-7-11(20-9)14(19)15-8-12-16-17-13(18(12)2)10-4-3-5-10/h6-7,10H,3-5,8H2,1-2H3,(H,15,19). The summed E-state index contributed by atoms with van der Waals surface area (Å²) in [7, 11) is 1.98. The van der Waals surface area contributed by atoms with Crippen molar-refractivity contribution in [3.63, 3.8) is 0 Å². The van der Waals surface area contributed by atoms with Gasteiger partial charge in [0.2, 0.25) is 0 Å². The van der Waals surface area contributed by atoms with Crippen molar-refractivity contribution in [2.75, 3.05) is 0 Å². The van der Waals surface area contributed by atoms with Crippen LogP contribution in [0.4, 0.5) is 0 Å². The van der Waals surface area contributed by atoms with E-state index in [4.69, 9.17) is 0 Å². The van der Waals surface area contributed by atoms with E-state index in [1.54, 1.807) is 0 Å². The Hall–Kier alpha value is -1.69. The van der Waals surface area contributed by atoms with Crippen molar-refractivity contribution in [2.45, 2.75) is 38.6 Å². The van der Waals surface area contributed by atoms with E-state index in [-0.39, 0.29) is 5.91 Å². The summed E-state index contributed by atoms with van der Waals surface area (Å²) in [4.78, 5) is 13.9. The fraction of sp³-hybridized carbons (Fsp3) is 0.500. The van der Waals surface area contributed by atoms with Crippen molar-refractivity contribution < 1.29 is 4.79 Å². The molecule has 1 N–H and O–H groups in total. The first-order chi connectivity index (χ1) is 9.65. The van der Waals surface area contributed by atoms with Crippen LogP contribution in [-0.4, -0.2) is 20.7 Å². The van der Waals surface area contributed by atoms with Crippen molar-refractivity contribution in [1.82, 2.24) is 20.1 Å². The number of aromatic nitrogens is 3. The SMILES string of the molecule is Cc1ccc(C(=O)NCc2nnc(C3CCC3)n2C)s1. The Balaban J connectivity index is 1.63. The molecule has 6 heteroatoms. The lowest BCUT2D eigenvalue weighted by molar-refractivity contribution is 0.0953. The number of hydrogen-bond donors (Lipinski definition) is 1. The normalized spacial score (nSPS) is 15.1. The van der Waals surface area contributed by atoms with Crippen molar-refractivity contribution in [1.29, 1.82) is 0 Å². The van der Waals surface area contributed by atoms with E-state index < -0.39 is 0 Å². The summed E-state index contributed by atoms with van der Waals surface area (Å²) in [5, 5.41) is 11.4. The summed E-state index contributed by atoms with van der Waals surface area (Å²) in [6.45, 7) is 2.42. The van der Waals surface area contributed by atoms with Crippen LogP contribution in [0.5, 0.6) is 0 Å². The van der Waals surface area contributed by atoms with E-state index in [1.807, 2.05) is 30.7 Å². The van der Waals surface area contributed by atoms with E-state index in [0.717, 1.165) is 21.4 Å². The second kappa shape index (κ2) is 5.36. The van der Waals surface area contributed by atoms with Gasteiger partial charge < -0.3 is 9.88 Å². The number of carbonyl (C=O) groups excluding carboxylic acids is 1. The summed E-state index contributed by atoms with van der Waals surface area (Å²) in [5.41, 5.74) is 0. The number of nitrogens with zero attached hydrogens (tertiary/aromatic N) is 3. The van der Waals surface area contributed by atoms with Crippen molar-refractivity contribution in [2.24, 2.45) is 7.05 Å². The lowest BCUT2D eigenvalue weighted by atomic mass is 9.85. The summed E-state index contributed by atoms with van der Waals surface area (Å²) >= 11 is 1.50. The average Bonchev–Trinajstić information content (AvgIpc) is 2.93. The minimum absolute atomic E-state index is 0.0451. The first kappa shape index (κ1) is 13.3. The molecule has 1 aliphatic rings. The Kier molecular flexibility index (Phi) is 3.56. The van der Waals surface area contributed by atoms with Gasteiger partial charge in [-0.1, -0.05) is 6.42 Å². The van der Waals surface area contributed by atoms with E-state index in [2.05, 4.69) is 15.5 Å². The molecule has 5 nitrogen and oxygen atoms in total. The smallest absolute Gasteiger partial charge is 0.261 e. The molecule has 0 aromatic carbocycles. The topological polar surface area (TPSA) is 59.8 Å². The van der Waals surface area contributed by atoms with Crippen LogP contribution in [0.25, 0.3) is 0 Å². The molecule has 1 fully saturated rings. The van der Waals surface area contributed by atoms with Crippen molar-refractivity contribution in [3.8, 4) is 0 Å². The largest absolute Gasteiger partial charge is 0.344 e. The van der Waals surface area contributed by atoms with Gasteiger partial charge in [-0.15, -0.1) is 21.5 Å². The molecule has 1 saturated carbocycles. The van der Waals surface area contributed by atoms with E-state index in [1.165, 1.54) is 30.6 Å². The summed E-state index contributed by atoms with van der Waals surface area (Å²) in [5.74, 6) is 2.37. The van der Waals surface area contributed by atoms with Gasteiger partial charge in [0.05, 0.1) is 11.4 Å². The predicted molar refractivity (Wildman–Crippen MR) is 77.8 cm³/mol. The van der Waals surface area contributed by atoms with Crippen LogP contribution in [0, 0.1) is 6.92 Å². The average molecular weight is 290 g/mol. The zero-order valence-corrected chi connectivity index (χ0v) is 12.5. The number of carbonyl (C=O) groups is 1. The second-order valence-corrected chi connectivity index (χ2v) is 6.54. The van der Waals surface area contributed by atoms with Crippen molar-refractivity contribution >= 4 is 17.2 Å². The van der Waals surface area contributed by atoms with Crippen LogP contribution in [-0.2, 0) is 13.6 Å². The van der Waals surface area contributed by atoms with Crippen LogP contribution in [0.15, 0.2) is 12.1 Å². The second-order valence-electron chi connectivity index (χ2n) is 5.25. The highest BCUT2D eigenvalue weighted by Crippen LogP contribution is 2.35. The lowest BCUT2D eigenvalue weighted by Gasteiger charge is -2.24. The summed E-state index contributed by atoms with van der Waals surface area (Å²) in [6.07, 6.45) is 3.68. The molecule has 2 aromatic heterocycles. The van der Waals surface area contributed by atoms with Crippen LogP contribution in [0.2, 0.25) is 0 Å². The molecule has 1 aliphatic carbocycles. The van der Waals surface area contributed by atoms with E-state index in [9.17, 15) is 4.79 Å². The summed E-state index contributed by atoms with van der Waals surface area (Å²) < 4.78 is 2.02. The Morgan fingerprint density at radius 1 is 1.45 bits per heavy atom. The maximum atomic E-state index is 12.0. The third-order valence-electron chi connectivity index (χ3n) is 3.84. The number of thiophene rings is 1. The third kappa shape index (κ3) is 2.47. The molecular formula is C14H18N4OS. The van der Waals surface area contributed by atoms with Gasteiger partial charge in [0.1, 0.15) is 5.82 Å². The highest BCUT2D eigenvalue weighted by atomic mass is 32.1. The number of nitrogens with one attached hydrogen (secondary N) is 1. The molecule has 0 aliphatic heterocycles. The molecule has 0 unspecified atom stereocenters. The van der Waals surface area contributed by atoms with Gasteiger partial charge in [-0.05, 0) is 31.9 Å². The molecule has 3 rings (SSSR count). The third-order valence-corrected chi connectivity index (χ3v) is 4.84. The fourth-order valence-corrected chi connectivity index (χ4v) is 3.14. The fourth-order valence-electron chi connectivity index (χ4n) is 2.35. The molecule has 2 heterocycles. The van der Waals surface area contributed by atoms with Crippen LogP contribution < -0.4 is 5.32 Å². The number of amides is 1. The van der Waals surface area contributed by atoms with Gasteiger partial charge in [0, 0.05) is 17.8 Å². The molecular weight excluding hydrogens is 272 g/mol. The van der Waals surface area contributed by atoms with Gasteiger partial charge >= 0.3 is 0 Å². The van der Waals surface area contributed by atoms with Gasteiger partial charge in [0.15, 0.2) is 5.82 Å². The van der Waals surface area contributed by atoms with Crippen LogP contribution in [0.1, 0.15) is 51.4 Å². The quantitative estimate of drug-likeness (QED) is 0.940.